The summed E-state index contributed by atoms with van der Waals surface area (Å²) in [4.78, 5) is 12.5. The van der Waals surface area contributed by atoms with E-state index in [4.69, 9.17) is 50.8 Å². The van der Waals surface area contributed by atoms with Crippen LogP contribution in [0, 0.1) is 0 Å². The maximum absolute atomic E-state index is 12.5. The van der Waals surface area contributed by atoms with Gasteiger partial charge in [-0.15, -0.1) is 23.2 Å². The van der Waals surface area contributed by atoms with Crippen molar-refractivity contribution in [2.24, 2.45) is 0 Å². The van der Waals surface area contributed by atoms with Gasteiger partial charge in [0.25, 0.3) is 0 Å². The number of halogens is 4. The van der Waals surface area contributed by atoms with Gasteiger partial charge in [0, 0.05) is 18.4 Å². The van der Waals surface area contributed by atoms with Crippen LogP contribution < -0.4 is 5.43 Å². The van der Waals surface area contributed by atoms with Gasteiger partial charge in [0.1, 0.15) is 15.7 Å². The highest BCUT2D eigenvalue weighted by atomic mass is 35.5. The maximum Gasteiger partial charge on any atom is 0.196 e. The molecular formula is C13H8Cl4O2. The molecule has 6 heteroatoms. The lowest BCUT2D eigenvalue weighted by Crippen LogP contribution is -2.36. The monoisotopic (exact) mass is 336 g/mol. The highest BCUT2D eigenvalue weighted by Crippen LogP contribution is 2.51. The van der Waals surface area contributed by atoms with Crippen LogP contribution in [0.2, 0.25) is 0 Å². The molecule has 0 saturated heterocycles. The van der Waals surface area contributed by atoms with Crippen molar-refractivity contribution in [1.29, 1.82) is 0 Å². The number of benzene rings is 1. The zero-order valence-corrected chi connectivity index (χ0v) is 12.6. The van der Waals surface area contributed by atoms with Gasteiger partial charge in [0.15, 0.2) is 9.76 Å². The first kappa shape index (κ1) is 13.6. The molecule has 2 aromatic rings. The summed E-state index contributed by atoms with van der Waals surface area (Å²) in [6, 6.07) is 6.92. The molecule has 1 aliphatic rings. The van der Waals surface area contributed by atoms with Crippen molar-refractivity contribution >= 4 is 57.4 Å². The Balaban J connectivity index is 2.39. The van der Waals surface area contributed by atoms with Gasteiger partial charge in [-0.3, -0.25) is 4.79 Å². The molecule has 19 heavy (non-hydrogen) atoms. The van der Waals surface area contributed by atoms with E-state index >= 15 is 0 Å². The minimum atomic E-state index is -1.40. The molecule has 3 rings (SSSR count). The number of hydrogen-bond acceptors (Lipinski definition) is 2. The van der Waals surface area contributed by atoms with Crippen molar-refractivity contribution < 1.29 is 4.42 Å². The normalized spacial score (nSPS) is 20.2. The molecule has 0 N–H and O–H groups in total. The van der Waals surface area contributed by atoms with Crippen molar-refractivity contribution in [1.82, 2.24) is 0 Å². The second-order valence-corrected chi connectivity index (χ2v) is 7.77. The second kappa shape index (κ2) is 4.29. The van der Waals surface area contributed by atoms with Crippen LogP contribution in [0.3, 0.4) is 0 Å². The fourth-order valence-electron chi connectivity index (χ4n) is 2.36. The van der Waals surface area contributed by atoms with E-state index in [-0.39, 0.29) is 24.0 Å². The Morgan fingerprint density at radius 1 is 1.11 bits per heavy atom. The fraction of sp³-hybridized carbons (Fsp3) is 0.308. The topological polar surface area (TPSA) is 30.2 Å². The summed E-state index contributed by atoms with van der Waals surface area (Å²) in [6.45, 7) is 0. The van der Waals surface area contributed by atoms with E-state index in [1.165, 1.54) is 0 Å². The van der Waals surface area contributed by atoms with E-state index in [1.807, 2.05) is 0 Å². The Morgan fingerprint density at radius 3 is 2.53 bits per heavy atom. The molecule has 0 unspecified atom stereocenters. The predicted molar refractivity (Wildman–Crippen MR) is 78.6 cm³/mol. The Hall–Kier alpha value is -0.410. The van der Waals surface area contributed by atoms with Crippen molar-refractivity contribution in [2.45, 2.75) is 21.5 Å². The quantitative estimate of drug-likeness (QED) is 0.660. The predicted octanol–water partition coefficient (Wildman–Crippen LogP) is 4.54. The maximum atomic E-state index is 12.5. The molecule has 0 aliphatic heterocycles. The van der Waals surface area contributed by atoms with Crippen molar-refractivity contribution in [3.63, 3.8) is 0 Å². The van der Waals surface area contributed by atoms with E-state index in [2.05, 4.69) is 0 Å². The van der Waals surface area contributed by atoms with Gasteiger partial charge in [-0.05, 0) is 12.1 Å². The first-order chi connectivity index (χ1) is 8.80. The zero-order valence-electron chi connectivity index (χ0n) is 9.55. The Labute approximate surface area is 129 Å². The van der Waals surface area contributed by atoms with Crippen LogP contribution in [0.5, 0.6) is 0 Å². The highest BCUT2D eigenvalue weighted by molar-refractivity contribution is 6.52. The van der Waals surface area contributed by atoms with Gasteiger partial charge in [0.2, 0.25) is 0 Å². The van der Waals surface area contributed by atoms with Crippen LogP contribution in [0.15, 0.2) is 33.5 Å². The molecule has 0 fully saturated rings. The van der Waals surface area contributed by atoms with Gasteiger partial charge in [-0.2, -0.15) is 0 Å². The minimum Gasteiger partial charge on any atom is -0.457 e. The van der Waals surface area contributed by atoms with Gasteiger partial charge in [-0.1, -0.05) is 35.3 Å². The van der Waals surface area contributed by atoms with Crippen LogP contribution in [0.4, 0.5) is 0 Å². The van der Waals surface area contributed by atoms with Gasteiger partial charge >= 0.3 is 0 Å². The SMILES string of the molecule is O=c1c2c(oc3ccccc13)C(Cl)(Cl)CC(Cl)(Cl)C2. The summed E-state index contributed by atoms with van der Waals surface area (Å²) in [5.74, 6) is 0.247. The number of fused-ring (bicyclic) bond motifs is 2. The number of rotatable bonds is 0. The highest BCUT2D eigenvalue weighted by Gasteiger charge is 2.47. The molecular weight excluding hydrogens is 330 g/mol. The van der Waals surface area contributed by atoms with Crippen LogP contribution >= 0.6 is 46.4 Å². The molecule has 1 aromatic heterocycles. The zero-order chi connectivity index (χ0) is 13.8. The van der Waals surface area contributed by atoms with E-state index < -0.39 is 8.67 Å². The molecule has 100 valence electrons. The Kier molecular flexibility index (Phi) is 3.06. The van der Waals surface area contributed by atoms with Gasteiger partial charge in [-0.25, -0.2) is 0 Å². The van der Waals surface area contributed by atoms with Crippen molar-refractivity contribution in [3.8, 4) is 0 Å². The lowest BCUT2D eigenvalue weighted by atomic mass is 9.94. The smallest absolute Gasteiger partial charge is 0.196 e. The number of alkyl halides is 4. The molecule has 0 atom stereocenters. The van der Waals surface area contributed by atoms with Gasteiger partial charge in [0.05, 0.1) is 5.39 Å². The van der Waals surface area contributed by atoms with E-state index in [0.717, 1.165) is 0 Å². The second-order valence-electron chi connectivity index (χ2n) is 4.65. The van der Waals surface area contributed by atoms with Crippen molar-refractivity contribution in [2.75, 3.05) is 0 Å². The minimum absolute atomic E-state index is 0.0977. The molecule has 1 aliphatic carbocycles. The Bertz CT molecular complexity index is 718. The molecule has 1 heterocycles. The summed E-state index contributed by atoms with van der Waals surface area (Å²) in [5.41, 5.74) is 0.612. The van der Waals surface area contributed by atoms with Gasteiger partial charge < -0.3 is 4.42 Å². The van der Waals surface area contributed by atoms with Crippen molar-refractivity contribution in [3.05, 3.63) is 45.8 Å². The first-order valence-electron chi connectivity index (χ1n) is 5.61. The summed E-state index contributed by atoms with van der Waals surface area (Å²) in [6.07, 6.45) is 0.264. The number of hydrogen-bond donors (Lipinski definition) is 0. The molecule has 0 radical (unpaired) electrons. The third kappa shape index (κ3) is 2.25. The van der Waals surface area contributed by atoms with E-state index in [1.54, 1.807) is 24.3 Å². The summed E-state index contributed by atoms with van der Waals surface area (Å²) >= 11 is 24.7. The summed E-state index contributed by atoms with van der Waals surface area (Å²) in [5, 5.41) is 0.469. The summed E-state index contributed by atoms with van der Waals surface area (Å²) < 4.78 is 3.12. The molecule has 2 nitrogen and oxygen atoms in total. The lowest BCUT2D eigenvalue weighted by molar-refractivity contribution is 0.443. The largest absolute Gasteiger partial charge is 0.457 e. The standard InChI is InChI=1S/C13H8Cl4O2/c14-12(15)5-8-10(18)7-3-1-2-4-9(7)19-11(8)13(16,17)6-12/h1-4H,5-6H2. The van der Waals surface area contributed by atoms with Crippen LogP contribution in [-0.2, 0) is 10.8 Å². The molecule has 0 spiro atoms. The van der Waals surface area contributed by atoms with Crippen LogP contribution in [-0.4, -0.2) is 4.33 Å². The van der Waals surface area contributed by atoms with Crippen LogP contribution in [0.1, 0.15) is 17.7 Å². The molecule has 0 bridgehead atoms. The van der Waals surface area contributed by atoms with Crippen LogP contribution in [0.25, 0.3) is 11.0 Å². The van der Waals surface area contributed by atoms with E-state index in [9.17, 15) is 4.79 Å². The number of para-hydroxylation sites is 1. The van der Waals surface area contributed by atoms with E-state index in [0.29, 0.717) is 16.5 Å². The first-order valence-corrected chi connectivity index (χ1v) is 7.12. The lowest BCUT2D eigenvalue weighted by Gasteiger charge is -2.33. The molecule has 1 aromatic carbocycles. The average molecular weight is 338 g/mol. The average Bonchev–Trinajstić information content (AvgIpc) is 2.29. The third-order valence-electron chi connectivity index (χ3n) is 3.14. The third-order valence-corrected chi connectivity index (χ3v) is 4.29. The summed E-state index contributed by atoms with van der Waals surface area (Å²) in [7, 11) is 0. The molecule has 0 amide bonds. The fourth-order valence-corrected chi connectivity index (χ4v) is 4.07. The molecule has 0 saturated carbocycles. The Morgan fingerprint density at radius 2 is 1.79 bits per heavy atom.